The first-order valence-electron chi connectivity index (χ1n) is 11.7. The van der Waals surface area contributed by atoms with Gasteiger partial charge in [0.2, 0.25) is 11.8 Å². The highest BCUT2D eigenvalue weighted by molar-refractivity contribution is 7.99. The van der Waals surface area contributed by atoms with Crippen LogP contribution in [-0.4, -0.2) is 35.1 Å². The van der Waals surface area contributed by atoms with E-state index in [2.05, 4.69) is 5.32 Å². The fourth-order valence-electron chi connectivity index (χ4n) is 3.72. The van der Waals surface area contributed by atoms with Crippen molar-refractivity contribution in [2.45, 2.75) is 38.1 Å². The summed E-state index contributed by atoms with van der Waals surface area (Å²) in [5, 5.41) is 4.71. The molecule has 0 aliphatic carbocycles. The van der Waals surface area contributed by atoms with E-state index in [0.29, 0.717) is 33.8 Å². The van der Waals surface area contributed by atoms with Gasteiger partial charge in [-0.15, -0.1) is 11.8 Å². The summed E-state index contributed by atoms with van der Waals surface area (Å²) in [6, 6.07) is 21.8. The number of hydrogen-bond acceptors (Lipinski definition) is 3. The Morgan fingerprint density at radius 2 is 1.64 bits per heavy atom. The van der Waals surface area contributed by atoms with E-state index in [1.165, 1.54) is 11.8 Å². The van der Waals surface area contributed by atoms with Crippen LogP contribution in [0.15, 0.2) is 72.8 Å². The van der Waals surface area contributed by atoms with Crippen molar-refractivity contribution < 1.29 is 9.59 Å². The summed E-state index contributed by atoms with van der Waals surface area (Å²) in [7, 11) is 0. The second-order valence-electron chi connectivity index (χ2n) is 8.38. The molecule has 0 aliphatic rings. The first-order valence-corrected chi connectivity index (χ1v) is 14.0. The maximum absolute atomic E-state index is 13.6. The molecular weight excluding hydrogens is 535 g/mol. The average molecular weight is 564 g/mol. The molecule has 0 bridgehead atoms. The molecule has 0 aromatic heterocycles. The lowest BCUT2D eigenvalue weighted by molar-refractivity contribution is -0.139. The van der Waals surface area contributed by atoms with Crippen molar-refractivity contribution in [2.24, 2.45) is 0 Å². The molecule has 0 radical (unpaired) electrons. The Hall–Kier alpha value is -2.18. The van der Waals surface area contributed by atoms with Gasteiger partial charge in [-0.05, 0) is 47.4 Å². The normalized spacial score (nSPS) is 11.7. The van der Waals surface area contributed by atoms with Crippen molar-refractivity contribution in [1.82, 2.24) is 10.2 Å². The molecule has 8 heteroatoms. The van der Waals surface area contributed by atoms with Crippen LogP contribution in [-0.2, 0) is 28.3 Å². The van der Waals surface area contributed by atoms with Gasteiger partial charge in [-0.2, -0.15) is 0 Å². The lowest BCUT2D eigenvalue weighted by atomic mass is 10.0. The van der Waals surface area contributed by atoms with Gasteiger partial charge in [-0.3, -0.25) is 9.59 Å². The van der Waals surface area contributed by atoms with Gasteiger partial charge in [0, 0.05) is 40.3 Å². The Morgan fingerprint density at radius 1 is 0.917 bits per heavy atom. The highest BCUT2D eigenvalue weighted by atomic mass is 35.5. The zero-order valence-electron chi connectivity index (χ0n) is 20.1. The molecule has 0 heterocycles. The Labute approximate surface area is 232 Å². The van der Waals surface area contributed by atoms with E-state index in [0.717, 1.165) is 23.1 Å². The second-order valence-corrected chi connectivity index (χ2v) is 10.6. The van der Waals surface area contributed by atoms with Crippen LogP contribution >= 0.6 is 46.6 Å². The van der Waals surface area contributed by atoms with Crippen molar-refractivity contribution in [3.8, 4) is 0 Å². The fourth-order valence-corrected chi connectivity index (χ4v) is 5.40. The number of hydrogen-bond donors (Lipinski definition) is 1. The molecule has 1 atom stereocenters. The predicted octanol–water partition coefficient (Wildman–Crippen LogP) is 7.05. The van der Waals surface area contributed by atoms with Gasteiger partial charge in [0.1, 0.15) is 6.04 Å². The number of carbonyl (C=O) groups excluding carboxylic acids is 2. The molecule has 3 aromatic carbocycles. The highest BCUT2D eigenvalue weighted by Gasteiger charge is 2.30. The summed E-state index contributed by atoms with van der Waals surface area (Å²) < 4.78 is 0. The molecule has 1 unspecified atom stereocenters. The number of rotatable bonds is 12. The summed E-state index contributed by atoms with van der Waals surface area (Å²) in [4.78, 5) is 28.6. The molecule has 0 fully saturated rings. The SMILES string of the molecule is CCCNC(=O)C(Cc1ccccc1)N(Cc1cccc(Cl)c1)C(=O)CSCc1ccc(Cl)cc1Cl. The van der Waals surface area contributed by atoms with Crippen LogP contribution in [0.4, 0.5) is 0 Å². The minimum atomic E-state index is -0.662. The smallest absolute Gasteiger partial charge is 0.243 e. The number of carbonyl (C=O) groups is 2. The van der Waals surface area contributed by atoms with Crippen LogP contribution in [0.5, 0.6) is 0 Å². The molecule has 3 aromatic rings. The molecule has 190 valence electrons. The molecule has 2 amide bonds. The fraction of sp³-hybridized carbons (Fsp3) is 0.286. The first kappa shape index (κ1) is 28.4. The van der Waals surface area contributed by atoms with E-state index >= 15 is 0 Å². The molecule has 3 rings (SSSR count). The van der Waals surface area contributed by atoms with Gasteiger partial charge in [0.15, 0.2) is 0 Å². The summed E-state index contributed by atoms with van der Waals surface area (Å²) in [6.45, 7) is 2.83. The van der Waals surface area contributed by atoms with Crippen molar-refractivity contribution in [2.75, 3.05) is 12.3 Å². The molecule has 36 heavy (non-hydrogen) atoms. The molecule has 1 N–H and O–H groups in total. The summed E-state index contributed by atoms with van der Waals surface area (Å²) in [5.41, 5.74) is 2.75. The van der Waals surface area contributed by atoms with E-state index < -0.39 is 6.04 Å². The summed E-state index contributed by atoms with van der Waals surface area (Å²) in [6.07, 6.45) is 1.22. The van der Waals surface area contributed by atoms with Gasteiger partial charge in [-0.25, -0.2) is 0 Å². The van der Waals surface area contributed by atoms with Crippen molar-refractivity contribution in [1.29, 1.82) is 0 Å². The molecule has 0 saturated heterocycles. The van der Waals surface area contributed by atoms with Crippen LogP contribution in [0.1, 0.15) is 30.0 Å². The number of nitrogens with one attached hydrogen (secondary N) is 1. The Morgan fingerprint density at radius 3 is 2.33 bits per heavy atom. The van der Waals surface area contributed by atoms with Crippen LogP contribution in [0, 0.1) is 0 Å². The van der Waals surface area contributed by atoms with Crippen molar-refractivity contribution in [3.05, 3.63) is 105 Å². The number of thioether (sulfide) groups is 1. The first-order chi connectivity index (χ1) is 17.4. The third-order valence-corrected chi connectivity index (χ3v) is 7.35. The Balaban J connectivity index is 1.84. The molecule has 0 saturated carbocycles. The van der Waals surface area contributed by atoms with E-state index in [4.69, 9.17) is 34.8 Å². The number of amides is 2. The Bertz CT molecular complexity index is 1160. The van der Waals surface area contributed by atoms with Gasteiger partial charge in [0.25, 0.3) is 0 Å². The van der Waals surface area contributed by atoms with Crippen molar-refractivity contribution in [3.63, 3.8) is 0 Å². The number of halogens is 3. The summed E-state index contributed by atoms with van der Waals surface area (Å²) in [5.74, 6) is 0.462. The third-order valence-electron chi connectivity index (χ3n) is 5.56. The Kier molecular flexibility index (Phi) is 11.5. The lowest BCUT2D eigenvalue weighted by Crippen LogP contribution is -2.51. The molecular formula is C28H29Cl3N2O2S. The molecule has 4 nitrogen and oxygen atoms in total. The van der Waals surface area contributed by atoms with E-state index in [1.807, 2.05) is 61.5 Å². The highest BCUT2D eigenvalue weighted by Crippen LogP contribution is 2.25. The number of nitrogens with zero attached hydrogens (tertiary/aromatic N) is 1. The van der Waals surface area contributed by atoms with Gasteiger partial charge in [0.05, 0.1) is 5.75 Å². The number of benzene rings is 3. The maximum Gasteiger partial charge on any atom is 0.243 e. The van der Waals surface area contributed by atoms with Crippen molar-refractivity contribution >= 4 is 58.4 Å². The topological polar surface area (TPSA) is 49.4 Å². The minimum Gasteiger partial charge on any atom is -0.354 e. The third kappa shape index (κ3) is 8.74. The van der Waals surface area contributed by atoms with Crippen LogP contribution in [0.2, 0.25) is 15.1 Å². The average Bonchev–Trinajstić information content (AvgIpc) is 2.86. The van der Waals surface area contributed by atoms with Crippen LogP contribution < -0.4 is 5.32 Å². The molecule has 0 spiro atoms. The lowest BCUT2D eigenvalue weighted by Gasteiger charge is -2.31. The zero-order valence-corrected chi connectivity index (χ0v) is 23.1. The van der Waals surface area contributed by atoms with E-state index in [1.54, 1.807) is 23.1 Å². The van der Waals surface area contributed by atoms with E-state index in [-0.39, 0.29) is 24.1 Å². The minimum absolute atomic E-state index is 0.127. The maximum atomic E-state index is 13.6. The monoisotopic (exact) mass is 562 g/mol. The van der Waals surface area contributed by atoms with Crippen LogP contribution in [0.25, 0.3) is 0 Å². The van der Waals surface area contributed by atoms with Gasteiger partial charge < -0.3 is 10.2 Å². The predicted molar refractivity (Wildman–Crippen MR) is 152 cm³/mol. The standard InChI is InChI=1S/C28H29Cl3N2O2S/c1-2-13-32-28(35)26(15-20-7-4-3-5-8-20)33(17-21-9-6-10-23(29)14-21)27(34)19-36-18-22-11-12-24(30)16-25(22)31/h3-12,14,16,26H,2,13,15,17-19H2,1H3,(H,32,35). The largest absolute Gasteiger partial charge is 0.354 e. The van der Waals surface area contributed by atoms with Gasteiger partial charge >= 0.3 is 0 Å². The van der Waals surface area contributed by atoms with Gasteiger partial charge in [-0.1, -0.05) is 90.3 Å². The summed E-state index contributed by atoms with van der Waals surface area (Å²) >= 11 is 20.0. The molecule has 0 aliphatic heterocycles. The van der Waals surface area contributed by atoms with E-state index in [9.17, 15) is 9.59 Å². The quantitative estimate of drug-likeness (QED) is 0.257. The zero-order chi connectivity index (χ0) is 25.9. The van der Waals surface area contributed by atoms with Crippen LogP contribution in [0.3, 0.4) is 0 Å². The second kappa shape index (κ2) is 14.5.